The Morgan fingerprint density at radius 2 is 2.10 bits per heavy atom. The number of benzene rings is 1. The Kier molecular flexibility index (Phi) is 5.94. The molecule has 9 heteroatoms. The molecule has 1 aliphatic carbocycles. The van der Waals surface area contributed by atoms with Gasteiger partial charge in [0, 0.05) is 10.6 Å². The molecule has 1 aromatic carbocycles. The van der Waals surface area contributed by atoms with Crippen LogP contribution in [0.25, 0.3) is 15.9 Å². The molecule has 2 N–H and O–H groups in total. The highest BCUT2D eigenvalue weighted by Crippen LogP contribution is 2.35. The van der Waals surface area contributed by atoms with E-state index in [2.05, 4.69) is 4.98 Å². The van der Waals surface area contributed by atoms with Gasteiger partial charge in [-0.05, 0) is 50.3 Å². The summed E-state index contributed by atoms with van der Waals surface area (Å²) in [5.74, 6) is -1.17. The van der Waals surface area contributed by atoms with Crippen LogP contribution in [0.2, 0.25) is 0 Å². The number of rotatable bonds is 5. The van der Waals surface area contributed by atoms with Crippen molar-refractivity contribution in [3.63, 3.8) is 0 Å². The lowest BCUT2D eigenvalue weighted by atomic mass is 9.97. The molecule has 2 aromatic heterocycles. The Morgan fingerprint density at radius 1 is 1.35 bits per heavy atom. The minimum atomic E-state index is -0.557. The first-order chi connectivity index (χ1) is 14.9. The molecule has 158 valence electrons. The number of nitrogens with two attached hydrogens (primary N) is 1. The van der Waals surface area contributed by atoms with E-state index >= 15 is 0 Å². The van der Waals surface area contributed by atoms with Gasteiger partial charge >= 0.3 is 0 Å². The summed E-state index contributed by atoms with van der Waals surface area (Å²) in [6.07, 6.45) is 3.78. The summed E-state index contributed by atoms with van der Waals surface area (Å²) in [5, 5.41) is 9.92. The van der Waals surface area contributed by atoms with E-state index in [-0.39, 0.29) is 33.4 Å². The van der Waals surface area contributed by atoms with Gasteiger partial charge in [-0.3, -0.25) is 14.2 Å². The Labute approximate surface area is 186 Å². The molecular formula is C22H19FN4O2S2. The molecule has 1 aliphatic rings. The molecule has 6 nitrogen and oxygen atoms in total. The molecule has 3 aromatic rings. The maximum atomic E-state index is 14.7. The number of allylic oxidation sites excluding steroid dienone is 2. The van der Waals surface area contributed by atoms with Crippen LogP contribution in [0, 0.1) is 17.1 Å². The zero-order chi connectivity index (χ0) is 22.1. The number of aryl methyl sites for hydroxylation is 2. The van der Waals surface area contributed by atoms with Gasteiger partial charge < -0.3 is 5.73 Å². The normalized spacial score (nSPS) is 14.1. The Hall–Kier alpha value is -2.96. The summed E-state index contributed by atoms with van der Waals surface area (Å²) >= 11 is 2.48. The van der Waals surface area contributed by atoms with Gasteiger partial charge in [0.05, 0.1) is 16.8 Å². The zero-order valence-corrected chi connectivity index (χ0v) is 18.4. The van der Waals surface area contributed by atoms with Gasteiger partial charge in [0.1, 0.15) is 22.3 Å². The Balaban J connectivity index is 1.88. The SMILES string of the molecule is C/C(N)=C(/C#N)C(=O)CSc1nc2sc3c(c2c(=O)n1-c1ccccc1F)CCCC3. The third-order valence-electron chi connectivity index (χ3n) is 5.17. The number of halogens is 1. The van der Waals surface area contributed by atoms with Crippen molar-refractivity contribution in [1.82, 2.24) is 9.55 Å². The number of thiophene rings is 1. The predicted octanol–water partition coefficient (Wildman–Crippen LogP) is 3.88. The van der Waals surface area contributed by atoms with Crippen LogP contribution in [0.15, 0.2) is 45.5 Å². The molecule has 0 bridgehead atoms. The van der Waals surface area contributed by atoms with E-state index in [1.54, 1.807) is 12.1 Å². The topological polar surface area (TPSA) is 102 Å². The highest BCUT2D eigenvalue weighted by molar-refractivity contribution is 7.99. The van der Waals surface area contributed by atoms with E-state index in [0.717, 1.165) is 47.9 Å². The van der Waals surface area contributed by atoms with Crippen molar-refractivity contribution >= 4 is 39.1 Å². The fourth-order valence-corrected chi connectivity index (χ4v) is 5.88. The number of para-hydroxylation sites is 1. The largest absolute Gasteiger partial charge is 0.401 e. The van der Waals surface area contributed by atoms with Crippen LogP contribution in [0.3, 0.4) is 0 Å². The monoisotopic (exact) mass is 454 g/mol. The third kappa shape index (κ3) is 3.89. The highest BCUT2D eigenvalue weighted by atomic mass is 32.2. The maximum absolute atomic E-state index is 14.7. The van der Waals surface area contributed by atoms with Crippen LogP contribution < -0.4 is 11.3 Å². The van der Waals surface area contributed by atoms with Crippen molar-refractivity contribution < 1.29 is 9.18 Å². The number of nitrogens with zero attached hydrogens (tertiary/aromatic N) is 3. The van der Waals surface area contributed by atoms with Crippen molar-refractivity contribution in [2.45, 2.75) is 37.8 Å². The van der Waals surface area contributed by atoms with E-state index < -0.39 is 11.6 Å². The minimum Gasteiger partial charge on any atom is -0.401 e. The quantitative estimate of drug-likeness (QED) is 0.272. The smallest absolute Gasteiger partial charge is 0.267 e. The third-order valence-corrected chi connectivity index (χ3v) is 7.29. The first-order valence-electron chi connectivity index (χ1n) is 9.77. The van der Waals surface area contributed by atoms with Gasteiger partial charge in [-0.15, -0.1) is 11.3 Å². The van der Waals surface area contributed by atoms with Gasteiger partial charge in [-0.2, -0.15) is 5.26 Å². The highest BCUT2D eigenvalue weighted by Gasteiger charge is 2.24. The van der Waals surface area contributed by atoms with E-state index in [0.29, 0.717) is 10.2 Å². The molecule has 0 saturated carbocycles. The molecule has 0 spiro atoms. The molecule has 0 unspecified atom stereocenters. The number of fused-ring (bicyclic) bond motifs is 3. The minimum absolute atomic E-state index is 0.0821. The van der Waals surface area contributed by atoms with Gasteiger partial charge in [-0.1, -0.05) is 23.9 Å². The number of carbonyl (C=O) groups excluding carboxylic acids is 1. The molecule has 31 heavy (non-hydrogen) atoms. The van der Waals surface area contributed by atoms with E-state index in [4.69, 9.17) is 5.73 Å². The summed E-state index contributed by atoms with van der Waals surface area (Å²) in [6, 6.07) is 7.80. The van der Waals surface area contributed by atoms with Crippen LogP contribution in [-0.4, -0.2) is 21.1 Å². The number of thioether (sulfide) groups is 1. The molecule has 0 radical (unpaired) electrons. The van der Waals surface area contributed by atoms with E-state index in [1.165, 1.54) is 35.0 Å². The van der Waals surface area contributed by atoms with Gasteiger partial charge in [0.25, 0.3) is 5.56 Å². The molecule has 0 aliphatic heterocycles. The van der Waals surface area contributed by atoms with Crippen LogP contribution in [-0.2, 0) is 17.6 Å². The van der Waals surface area contributed by atoms with E-state index in [1.807, 2.05) is 6.07 Å². The average molecular weight is 455 g/mol. The van der Waals surface area contributed by atoms with Gasteiger partial charge in [0.2, 0.25) is 0 Å². The first kappa shape index (κ1) is 21.3. The van der Waals surface area contributed by atoms with Crippen molar-refractivity contribution in [3.05, 3.63) is 62.1 Å². The van der Waals surface area contributed by atoms with Gasteiger partial charge in [0.15, 0.2) is 10.9 Å². The van der Waals surface area contributed by atoms with Crippen LogP contribution in [0.5, 0.6) is 0 Å². The lowest BCUT2D eigenvalue weighted by Gasteiger charge is -2.14. The molecule has 4 rings (SSSR count). The summed E-state index contributed by atoms with van der Waals surface area (Å²) < 4.78 is 15.9. The lowest BCUT2D eigenvalue weighted by Crippen LogP contribution is -2.23. The Morgan fingerprint density at radius 3 is 2.81 bits per heavy atom. The summed E-state index contributed by atoms with van der Waals surface area (Å²) in [4.78, 5) is 32.4. The second-order valence-corrected chi connectivity index (χ2v) is 9.29. The molecular weight excluding hydrogens is 435 g/mol. The van der Waals surface area contributed by atoms with Crippen LogP contribution in [0.4, 0.5) is 4.39 Å². The predicted molar refractivity (Wildman–Crippen MR) is 120 cm³/mol. The molecule has 0 amide bonds. The molecule has 0 saturated heterocycles. The number of hydrogen-bond donors (Lipinski definition) is 1. The average Bonchev–Trinajstić information content (AvgIpc) is 3.12. The second kappa shape index (κ2) is 8.65. The summed E-state index contributed by atoms with van der Waals surface area (Å²) in [7, 11) is 0. The van der Waals surface area contributed by atoms with E-state index in [9.17, 15) is 19.2 Å². The standard InChI is InChI=1S/C22H19FN4O2S2/c1-12(25)14(10-24)17(28)11-30-22-26-20-19(13-6-2-5-9-18(13)31-20)21(29)27(22)16-8-4-3-7-15(16)23/h3-4,7-8H,2,5-6,9,11,25H2,1H3/b14-12+. The first-order valence-corrected chi connectivity index (χ1v) is 11.6. The molecule has 0 atom stereocenters. The zero-order valence-electron chi connectivity index (χ0n) is 16.8. The fourth-order valence-electron chi connectivity index (χ4n) is 3.70. The van der Waals surface area contributed by atoms with Crippen molar-refractivity contribution in [2.24, 2.45) is 5.73 Å². The summed E-state index contributed by atoms with van der Waals surface area (Å²) in [6.45, 7) is 1.48. The molecule has 2 heterocycles. The molecule has 0 fully saturated rings. The number of Topliss-reactive ketones (excluding diaryl/α,β-unsaturated/α-hetero) is 1. The van der Waals surface area contributed by atoms with Crippen LogP contribution >= 0.6 is 23.1 Å². The van der Waals surface area contributed by atoms with Gasteiger partial charge in [-0.25, -0.2) is 9.37 Å². The summed E-state index contributed by atoms with van der Waals surface area (Å²) in [5.41, 5.74) is 6.38. The van der Waals surface area contributed by atoms with Crippen molar-refractivity contribution in [3.8, 4) is 11.8 Å². The number of aromatic nitrogens is 2. The maximum Gasteiger partial charge on any atom is 0.267 e. The van der Waals surface area contributed by atoms with Crippen molar-refractivity contribution in [2.75, 3.05) is 5.75 Å². The lowest BCUT2D eigenvalue weighted by molar-refractivity contribution is -0.112. The van der Waals surface area contributed by atoms with Crippen LogP contribution in [0.1, 0.15) is 30.2 Å². The fraction of sp³-hybridized carbons (Fsp3) is 0.273. The van der Waals surface area contributed by atoms with Crippen molar-refractivity contribution in [1.29, 1.82) is 5.26 Å². The number of hydrogen-bond acceptors (Lipinski definition) is 7. The number of nitriles is 1. The number of ketones is 1. The number of carbonyl (C=O) groups is 1. The second-order valence-electron chi connectivity index (χ2n) is 7.26. The Bertz CT molecular complexity index is 1330.